The number of carbonyl (C=O) groups excluding carboxylic acids is 1. The molecule has 9 heteroatoms. The number of sulfonamides is 1. The number of fused-ring (bicyclic) bond motifs is 1. The van der Waals surface area contributed by atoms with Crippen molar-refractivity contribution in [1.82, 2.24) is 14.6 Å². The van der Waals surface area contributed by atoms with Crippen molar-refractivity contribution in [1.29, 1.82) is 0 Å². The summed E-state index contributed by atoms with van der Waals surface area (Å²) >= 11 is 0. The van der Waals surface area contributed by atoms with Gasteiger partial charge in [-0.3, -0.25) is 4.79 Å². The Morgan fingerprint density at radius 3 is 2.51 bits per heavy atom. The van der Waals surface area contributed by atoms with E-state index in [1.165, 1.54) is 12.1 Å². The van der Waals surface area contributed by atoms with Crippen molar-refractivity contribution in [2.24, 2.45) is 11.7 Å². The van der Waals surface area contributed by atoms with Gasteiger partial charge < -0.3 is 16.0 Å². The van der Waals surface area contributed by atoms with Crippen LogP contribution in [0, 0.1) is 11.7 Å². The smallest absolute Gasteiger partial charge is 0.250 e. The first kappa shape index (κ1) is 27.3. The molecule has 0 saturated carbocycles. The number of amides is 1. The van der Waals surface area contributed by atoms with Crippen molar-refractivity contribution in [2.45, 2.75) is 52.5 Å². The van der Waals surface area contributed by atoms with Crippen LogP contribution in [0.3, 0.4) is 0 Å². The number of halogens is 1. The summed E-state index contributed by atoms with van der Waals surface area (Å²) in [6, 6.07) is 8.64. The highest BCUT2D eigenvalue weighted by Gasteiger charge is 2.29. The standard InChI is InChI=1S/C28H37FN4O3S/c1-4-18(3)15-31-16-19-10-21(12-23(29)11-19)22-13-24-26(17-32-27(24)25(14-22)28(30)34)20-6-8-33(9-7-20)37(35,36)5-2/h10-14,17-18,20,31-32H,4-9,15-16H2,1-3H3,(H2,30,34)/t18-/m0/s1. The number of nitrogens with one attached hydrogen (secondary N) is 2. The van der Waals surface area contributed by atoms with Crippen LogP contribution in [-0.4, -0.2) is 49.0 Å². The van der Waals surface area contributed by atoms with Crippen LogP contribution < -0.4 is 11.1 Å². The number of aromatic nitrogens is 1. The summed E-state index contributed by atoms with van der Waals surface area (Å²) in [5.41, 5.74) is 10.0. The molecule has 0 unspecified atom stereocenters. The summed E-state index contributed by atoms with van der Waals surface area (Å²) in [6.45, 7) is 8.31. The second-order valence-electron chi connectivity index (χ2n) is 10.1. The number of nitrogens with two attached hydrogens (primary N) is 1. The van der Waals surface area contributed by atoms with Crippen molar-refractivity contribution in [3.8, 4) is 11.1 Å². The van der Waals surface area contributed by atoms with Crippen LogP contribution in [-0.2, 0) is 16.6 Å². The van der Waals surface area contributed by atoms with Gasteiger partial charge in [0.2, 0.25) is 10.0 Å². The van der Waals surface area contributed by atoms with Crippen LogP contribution in [0.4, 0.5) is 4.39 Å². The second kappa shape index (κ2) is 11.3. The molecule has 1 amide bonds. The van der Waals surface area contributed by atoms with Gasteiger partial charge in [0.05, 0.1) is 16.8 Å². The predicted octanol–water partition coefficient (Wildman–Crippen LogP) is 4.74. The van der Waals surface area contributed by atoms with Gasteiger partial charge in [0, 0.05) is 31.2 Å². The Bertz CT molecular complexity index is 1380. The lowest BCUT2D eigenvalue weighted by atomic mass is 9.88. The van der Waals surface area contributed by atoms with Gasteiger partial charge in [-0.1, -0.05) is 20.3 Å². The van der Waals surface area contributed by atoms with Crippen molar-refractivity contribution in [3.05, 3.63) is 59.0 Å². The second-order valence-corrected chi connectivity index (χ2v) is 12.4. The van der Waals surface area contributed by atoms with Crippen molar-refractivity contribution in [2.75, 3.05) is 25.4 Å². The molecule has 1 atom stereocenters. The summed E-state index contributed by atoms with van der Waals surface area (Å²) in [6.07, 6.45) is 4.34. The summed E-state index contributed by atoms with van der Waals surface area (Å²) in [5.74, 6) is -0.123. The van der Waals surface area contributed by atoms with Gasteiger partial charge in [-0.05, 0) is 90.7 Å². The minimum atomic E-state index is -3.21. The summed E-state index contributed by atoms with van der Waals surface area (Å²) in [7, 11) is -3.21. The zero-order chi connectivity index (χ0) is 26.7. The zero-order valence-electron chi connectivity index (χ0n) is 21.8. The Hall–Kier alpha value is -2.75. The molecule has 2 heterocycles. The Balaban J connectivity index is 1.67. The highest BCUT2D eigenvalue weighted by Crippen LogP contribution is 2.37. The van der Waals surface area contributed by atoms with Crippen LogP contribution >= 0.6 is 0 Å². The van der Waals surface area contributed by atoms with Gasteiger partial charge >= 0.3 is 0 Å². The average Bonchev–Trinajstić information content (AvgIpc) is 3.31. The topological polar surface area (TPSA) is 108 Å². The molecular formula is C28H37FN4O3S. The third kappa shape index (κ3) is 6.05. The number of nitrogens with zero attached hydrogens (tertiary/aromatic N) is 1. The Kier molecular flexibility index (Phi) is 8.36. The molecule has 1 aliphatic rings. The molecular weight excluding hydrogens is 491 g/mol. The number of carbonyl (C=O) groups is 1. The minimum Gasteiger partial charge on any atom is -0.366 e. The number of hydrogen-bond acceptors (Lipinski definition) is 4. The highest BCUT2D eigenvalue weighted by molar-refractivity contribution is 7.89. The fourth-order valence-electron chi connectivity index (χ4n) is 5.11. The molecule has 0 radical (unpaired) electrons. The average molecular weight is 529 g/mol. The molecule has 1 fully saturated rings. The molecule has 3 aromatic rings. The van der Waals surface area contributed by atoms with Gasteiger partial charge in [0.1, 0.15) is 5.82 Å². The molecule has 4 N–H and O–H groups in total. The van der Waals surface area contributed by atoms with Gasteiger partial charge in [-0.15, -0.1) is 0 Å². The summed E-state index contributed by atoms with van der Waals surface area (Å²) in [4.78, 5) is 15.6. The van der Waals surface area contributed by atoms with E-state index in [1.54, 1.807) is 17.3 Å². The third-order valence-electron chi connectivity index (χ3n) is 7.55. The minimum absolute atomic E-state index is 0.0961. The molecule has 1 aliphatic heterocycles. The molecule has 7 nitrogen and oxygen atoms in total. The van der Waals surface area contributed by atoms with Crippen LogP contribution in [0.2, 0.25) is 0 Å². The fourth-order valence-corrected chi connectivity index (χ4v) is 6.24. The quantitative estimate of drug-likeness (QED) is 0.353. The molecule has 0 bridgehead atoms. The first-order chi connectivity index (χ1) is 17.6. The maximum absolute atomic E-state index is 14.6. The maximum Gasteiger partial charge on any atom is 0.250 e. The predicted molar refractivity (Wildman–Crippen MR) is 146 cm³/mol. The molecule has 0 spiro atoms. The molecule has 1 saturated heterocycles. The zero-order valence-corrected chi connectivity index (χ0v) is 22.6. The summed E-state index contributed by atoms with van der Waals surface area (Å²) < 4.78 is 40.8. The first-order valence-electron chi connectivity index (χ1n) is 13.1. The Morgan fingerprint density at radius 1 is 1.16 bits per heavy atom. The lowest BCUT2D eigenvalue weighted by Crippen LogP contribution is -2.38. The molecule has 200 valence electrons. The number of aromatic amines is 1. The van der Waals surface area contributed by atoms with E-state index in [4.69, 9.17) is 5.73 Å². The normalized spacial score (nSPS) is 16.3. The van der Waals surface area contributed by atoms with Crippen LogP contribution in [0.1, 0.15) is 67.4 Å². The monoisotopic (exact) mass is 528 g/mol. The first-order valence-corrected chi connectivity index (χ1v) is 14.7. The third-order valence-corrected chi connectivity index (χ3v) is 9.43. The number of benzene rings is 2. The van der Waals surface area contributed by atoms with Gasteiger partial charge in [0.25, 0.3) is 5.91 Å². The lowest BCUT2D eigenvalue weighted by molar-refractivity contribution is 0.100. The van der Waals surface area contributed by atoms with E-state index in [0.717, 1.165) is 35.0 Å². The fraction of sp³-hybridized carbons (Fsp3) is 0.464. The largest absolute Gasteiger partial charge is 0.366 e. The van der Waals surface area contributed by atoms with Crippen molar-refractivity contribution in [3.63, 3.8) is 0 Å². The number of H-pyrrole nitrogens is 1. The highest BCUT2D eigenvalue weighted by atomic mass is 32.2. The maximum atomic E-state index is 14.6. The van der Waals surface area contributed by atoms with E-state index >= 15 is 0 Å². The van der Waals surface area contributed by atoms with Crippen molar-refractivity contribution < 1.29 is 17.6 Å². The molecule has 4 rings (SSSR count). The van der Waals surface area contributed by atoms with Crippen LogP contribution in [0.5, 0.6) is 0 Å². The Morgan fingerprint density at radius 2 is 1.86 bits per heavy atom. The lowest BCUT2D eigenvalue weighted by Gasteiger charge is -2.31. The van der Waals surface area contributed by atoms with E-state index < -0.39 is 15.9 Å². The van der Waals surface area contributed by atoms with E-state index in [1.807, 2.05) is 18.3 Å². The number of rotatable bonds is 10. The van der Waals surface area contributed by atoms with E-state index in [9.17, 15) is 17.6 Å². The number of hydrogen-bond donors (Lipinski definition) is 3. The number of piperidine rings is 1. The molecule has 37 heavy (non-hydrogen) atoms. The Labute approximate surface area is 218 Å². The van der Waals surface area contributed by atoms with Gasteiger partial charge in [0.15, 0.2) is 0 Å². The van der Waals surface area contributed by atoms with E-state index in [0.29, 0.717) is 55.0 Å². The number of primary amides is 1. The van der Waals surface area contributed by atoms with E-state index in [-0.39, 0.29) is 17.5 Å². The molecule has 1 aromatic heterocycles. The SMILES string of the molecule is CC[C@H](C)CNCc1cc(F)cc(-c2cc(C(N)=O)c3[nH]cc(C4CCN(S(=O)(=O)CC)CC4)c3c2)c1. The van der Waals surface area contributed by atoms with Crippen molar-refractivity contribution >= 4 is 26.8 Å². The van der Waals surface area contributed by atoms with Gasteiger partial charge in [-0.2, -0.15) is 0 Å². The van der Waals surface area contributed by atoms with Crippen LogP contribution in [0.25, 0.3) is 22.0 Å². The van der Waals surface area contributed by atoms with Crippen LogP contribution in [0.15, 0.2) is 36.5 Å². The van der Waals surface area contributed by atoms with Gasteiger partial charge in [-0.25, -0.2) is 17.1 Å². The molecule has 0 aliphatic carbocycles. The van der Waals surface area contributed by atoms with E-state index in [2.05, 4.69) is 24.1 Å². The summed E-state index contributed by atoms with van der Waals surface area (Å²) in [5, 5.41) is 4.26. The molecule has 2 aromatic carbocycles.